The second-order valence-electron chi connectivity index (χ2n) is 3.60. The molecule has 0 bridgehead atoms. The minimum absolute atomic E-state index is 0.127. The first-order chi connectivity index (χ1) is 8.86. The molecule has 0 fully saturated rings. The molecule has 0 radical (unpaired) electrons. The number of rotatable bonds is 2. The molecule has 0 spiro atoms. The van der Waals surface area contributed by atoms with Gasteiger partial charge in [-0.1, -0.05) is 0 Å². The van der Waals surface area contributed by atoms with E-state index >= 15 is 0 Å². The van der Waals surface area contributed by atoms with Gasteiger partial charge in [-0.3, -0.25) is 4.79 Å². The monoisotopic (exact) mass is 287 g/mol. The minimum atomic E-state index is -4.40. The summed E-state index contributed by atoms with van der Waals surface area (Å²) in [7, 11) is 0. The highest BCUT2D eigenvalue weighted by Gasteiger charge is 2.30. The van der Waals surface area contributed by atoms with Gasteiger partial charge in [0.15, 0.2) is 5.13 Å². The SMILES string of the molecule is Nc1nc(C(=O)Nc2ccc(C(F)(F)F)cc2)cs1. The number of anilines is 2. The summed E-state index contributed by atoms with van der Waals surface area (Å²) in [5.74, 6) is -0.521. The van der Waals surface area contributed by atoms with Crippen LogP contribution in [0.25, 0.3) is 0 Å². The number of nitrogens with zero attached hydrogens (tertiary/aromatic N) is 1. The number of nitrogens with one attached hydrogen (secondary N) is 1. The number of alkyl halides is 3. The zero-order chi connectivity index (χ0) is 14.0. The van der Waals surface area contributed by atoms with Gasteiger partial charge in [0.2, 0.25) is 0 Å². The molecule has 0 aliphatic rings. The van der Waals surface area contributed by atoms with Crippen LogP contribution in [0, 0.1) is 0 Å². The van der Waals surface area contributed by atoms with Crippen LogP contribution in [0.1, 0.15) is 16.1 Å². The first-order valence-electron chi connectivity index (χ1n) is 5.06. The Balaban J connectivity index is 2.10. The fourth-order valence-electron chi connectivity index (χ4n) is 1.33. The fraction of sp³-hybridized carbons (Fsp3) is 0.0909. The van der Waals surface area contributed by atoms with E-state index in [0.717, 1.165) is 23.5 Å². The summed E-state index contributed by atoms with van der Waals surface area (Å²) in [6.07, 6.45) is -4.40. The number of nitrogen functional groups attached to an aromatic ring is 1. The first kappa shape index (κ1) is 13.3. The van der Waals surface area contributed by atoms with Crippen LogP contribution in [0.3, 0.4) is 0 Å². The summed E-state index contributed by atoms with van der Waals surface area (Å²) in [6.45, 7) is 0. The fourth-order valence-corrected chi connectivity index (χ4v) is 1.87. The van der Waals surface area contributed by atoms with Gasteiger partial charge in [-0.2, -0.15) is 13.2 Å². The summed E-state index contributed by atoms with van der Waals surface area (Å²) in [4.78, 5) is 15.4. The Morgan fingerprint density at radius 2 is 1.89 bits per heavy atom. The summed E-state index contributed by atoms with van der Waals surface area (Å²) < 4.78 is 37.0. The molecule has 0 aliphatic heterocycles. The predicted octanol–water partition coefficient (Wildman–Crippen LogP) is 3.00. The van der Waals surface area contributed by atoms with Gasteiger partial charge in [-0.25, -0.2) is 4.98 Å². The van der Waals surface area contributed by atoms with Crippen LogP contribution in [-0.2, 0) is 6.18 Å². The molecule has 1 heterocycles. The average Bonchev–Trinajstić information content (AvgIpc) is 2.75. The van der Waals surface area contributed by atoms with E-state index in [4.69, 9.17) is 5.73 Å². The molecular weight excluding hydrogens is 279 g/mol. The van der Waals surface area contributed by atoms with E-state index in [2.05, 4.69) is 10.3 Å². The molecule has 0 atom stereocenters. The van der Waals surface area contributed by atoms with E-state index in [0.29, 0.717) is 0 Å². The summed E-state index contributed by atoms with van der Waals surface area (Å²) in [5.41, 5.74) is 4.99. The topological polar surface area (TPSA) is 68.0 Å². The van der Waals surface area contributed by atoms with Gasteiger partial charge >= 0.3 is 6.18 Å². The third-order valence-electron chi connectivity index (χ3n) is 2.22. The Labute approximate surface area is 110 Å². The Kier molecular flexibility index (Phi) is 3.43. The molecule has 0 aliphatic carbocycles. The number of amides is 1. The second-order valence-corrected chi connectivity index (χ2v) is 4.49. The van der Waals surface area contributed by atoms with Gasteiger partial charge in [-0.05, 0) is 24.3 Å². The number of carbonyl (C=O) groups is 1. The van der Waals surface area contributed by atoms with Crippen LogP contribution in [0.2, 0.25) is 0 Å². The Morgan fingerprint density at radius 3 is 2.37 bits per heavy atom. The Morgan fingerprint density at radius 1 is 1.26 bits per heavy atom. The Hall–Kier alpha value is -2.09. The zero-order valence-corrected chi connectivity index (χ0v) is 10.2. The molecule has 1 aromatic carbocycles. The van der Waals surface area contributed by atoms with Gasteiger partial charge in [0.05, 0.1) is 5.56 Å². The van der Waals surface area contributed by atoms with Gasteiger partial charge < -0.3 is 11.1 Å². The maximum Gasteiger partial charge on any atom is 0.416 e. The van der Waals surface area contributed by atoms with Crippen molar-refractivity contribution in [2.75, 3.05) is 11.1 Å². The van der Waals surface area contributed by atoms with Crippen molar-refractivity contribution in [1.29, 1.82) is 0 Å². The quantitative estimate of drug-likeness (QED) is 0.892. The molecule has 100 valence electrons. The molecule has 3 N–H and O–H groups in total. The van der Waals surface area contributed by atoms with Crippen molar-refractivity contribution in [2.24, 2.45) is 0 Å². The number of hydrogen-bond donors (Lipinski definition) is 2. The second kappa shape index (κ2) is 4.88. The van der Waals surface area contributed by atoms with Crippen molar-refractivity contribution in [3.8, 4) is 0 Å². The van der Waals surface area contributed by atoms with Gasteiger partial charge in [0, 0.05) is 11.1 Å². The van der Waals surface area contributed by atoms with Crippen LogP contribution in [0.4, 0.5) is 24.0 Å². The normalized spacial score (nSPS) is 11.3. The molecule has 4 nitrogen and oxygen atoms in total. The van der Waals surface area contributed by atoms with Crippen LogP contribution in [0.5, 0.6) is 0 Å². The molecule has 0 saturated heterocycles. The molecule has 0 unspecified atom stereocenters. The smallest absolute Gasteiger partial charge is 0.375 e. The zero-order valence-electron chi connectivity index (χ0n) is 9.36. The van der Waals surface area contributed by atoms with Gasteiger partial charge in [0.1, 0.15) is 5.69 Å². The predicted molar refractivity (Wildman–Crippen MR) is 65.9 cm³/mol. The molecule has 19 heavy (non-hydrogen) atoms. The number of aromatic nitrogens is 1. The van der Waals surface area contributed by atoms with Crippen molar-refractivity contribution in [2.45, 2.75) is 6.18 Å². The largest absolute Gasteiger partial charge is 0.416 e. The van der Waals surface area contributed by atoms with E-state index in [1.807, 2.05) is 0 Å². The highest BCUT2D eigenvalue weighted by molar-refractivity contribution is 7.13. The average molecular weight is 287 g/mol. The van der Waals surface area contributed by atoms with Crippen molar-refractivity contribution < 1.29 is 18.0 Å². The number of benzene rings is 1. The lowest BCUT2D eigenvalue weighted by molar-refractivity contribution is -0.137. The number of thiazole rings is 1. The third kappa shape index (κ3) is 3.22. The van der Waals surface area contributed by atoms with Crippen LogP contribution in [0.15, 0.2) is 29.6 Å². The van der Waals surface area contributed by atoms with Crippen LogP contribution >= 0.6 is 11.3 Å². The first-order valence-corrected chi connectivity index (χ1v) is 5.94. The number of hydrogen-bond acceptors (Lipinski definition) is 4. The molecule has 1 aromatic heterocycles. The van der Waals surface area contributed by atoms with Crippen molar-refractivity contribution in [1.82, 2.24) is 4.98 Å². The molecular formula is C11H8F3N3OS. The van der Waals surface area contributed by atoms with Crippen molar-refractivity contribution in [3.05, 3.63) is 40.9 Å². The van der Waals surface area contributed by atoms with Crippen LogP contribution < -0.4 is 11.1 Å². The lowest BCUT2D eigenvalue weighted by Crippen LogP contribution is -2.13. The molecule has 8 heteroatoms. The lowest BCUT2D eigenvalue weighted by Gasteiger charge is -2.08. The highest BCUT2D eigenvalue weighted by Crippen LogP contribution is 2.29. The molecule has 0 saturated carbocycles. The van der Waals surface area contributed by atoms with Crippen molar-refractivity contribution in [3.63, 3.8) is 0 Å². The number of carbonyl (C=O) groups excluding carboxylic acids is 1. The van der Waals surface area contributed by atoms with E-state index in [9.17, 15) is 18.0 Å². The molecule has 2 rings (SSSR count). The Bertz CT molecular complexity index is 592. The molecule has 2 aromatic rings. The maximum atomic E-state index is 12.3. The van der Waals surface area contributed by atoms with E-state index in [1.54, 1.807) is 0 Å². The number of nitrogens with two attached hydrogens (primary N) is 1. The summed E-state index contributed by atoms with van der Waals surface area (Å²) in [5, 5.41) is 4.15. The van der Waals surface area contributed by atoms with Gasteiger partial charge in [0.25, 0.3) is 5.91 Å². The maximum absolute atomic E-state index is 12.3. The van der Waals surface area contributed by atoms with E-state index in [1.165, 1.54) is 17.5 Å². The van der Waals surface area contributed by atoms with Gasteiger partial charge in [-0.15, -0.1) is 11.3 Å². The van der Waals surface area contributed by atoms with E-state index in [-0.39, 0.29) is 16.5 Å². The van der Waals surface area contributed by atoms with Crippen molar-refractivity contribution >= 4 is 28.1 Å². The summed E-state index contributed by atoms with van der Waals surface area (Å²) >= 11 is 1.11. The molecule has 1 amide bonds. The summed E-state index contributed by atoms with van der Waals surface area (Å²) in [6, 6.07) is 4.14. The third-order valence-corrected chi connectivity index (χ3v) is 2.90. The standard InChI is InChI=1S/C11H8F3N3OS/c12-11(13,14)6-1-3-7(4-2-6)16-9(18)8-5-19-10(15)17-8/h1-5H,(H2,15,17)(H,16,18). The minimum Gasteiger partial charge on any atom is -0.375 e. The highest BCUT2D eigenvalue weighted by atomic mass is 32.1. The lowest BCUT2D eigenvalue weighted by atomic mass is 10.2. The number of halogens is 3. The van der Waals surface area contributed by atoms with E-state index < -0.39 is 17.6 Å². The van der Waals surface area contributed by atoms with Crippen LogP contribution in [-0.4, -0.2) is 10.9 Å².